The predicted molar refractivity (Wildman–Crippen MR) is 64.1 cm³/mol. The molecule has 19 heavy (non-hydrogen) atoms. The molecule has 0 bridgehead atoms. The van der Waals surface area contributed by atoms with Gasteiger partial charge in [0.25, 0.3) is 0 Å². The van der Waals surface area contributed by atoms with Gasteiger partial charge in [-0.1, -0.05) is 30.3 Å². The second kappa shape index (κ2) is 5.97. The fourth-order valence-corrected chi connectivity index (χ4v) is 2.15. The number of rotatable bonds is 4. The maximum atomic E-state index is 12.9. The van der Waals surface area contributed by atoms with Crippen molar-refractivity contribution in [2.75, 3.05) is 13.1 Å². The summed E-state index contributed by atoms with van der Waals surface area (Å²) in [7, 11) is 0. The molecule has 0 aromatic heterocycles. The molecule has 6 heteroatoms. The lowest BCUT2D eigenvalue weighted by Crippen LogP contribution is -2.28. The molecule has 1 aromatic carbocycles. The van der Waals surface area contributed by atoms with Crippen molar-refractivity contribution >= 4 is 6.09 Å². The second-order valence-corrected chi connectivity index (χ2v) is 4.52. The average molecular weight is 271 g/mol. The van der Waals surface area contributed by atoms with Crippen LogP contribution in [0.15, 0.2) is 30.3 Å². The van der Waals surface area contributed by atoms with Crippen LogP contribution in [-0.2, 0) is 11.3 Å². The van der Waals surface area contributed by atoms with Gasteiger partial charge in [-0.2, -0.15) is 0 Å². The minimum absolute atomic E-state index is 0.00280. The average Bonchev–Trinajstić information content (AvgIpc) is 2.82. The molecule has 0 unspecified atom stereocenters. The molecule has 1 amide bonds. The van der Waals surface area contributed by atoms with Gasteiger partial charge in [-0.3, -0.25) is 0 Å². The number of hydrogen-bond acceptors (Lipinski definition) is 2. The smallest absolute Gasteiger partial charge is 0.407 e. The largest absolute Gasteiger partial charge is 0.465 e. The first-order valence-corrected chi connectivity index (χ1v) is 5.99. The van der Waals surface area contributed by atoms with Crippen LogP contribution < -0.4 is 0 Å². The van der Waals surface area contributed by atoms with Gasteiger partial charge in [0.05, 0.1) is 25.2 Å². The highest BCUT2D eigenvalue weighted by Gasteiger charge is 2.41. The van der Waals surface area contributed by atoms with Gasteiger partial charge < -0.3 is 14.7 Å². The summed E-state index contributed by atoms with van der Waals surface area (Å²) >= 11 is 0. The monoisotopic (exact) mass is 271 g/mol. The van der Waals surface area contributed by atoms with Crippen molar-refractivity contribution in [1.29, 1.82) is 0 Å². The number of carboxylic acid groups (broad SMARTS) is 1. The van der Waals surface area contributed by atoms with Gasteiger partial charge in [0.1, 0.15) is 0 Å². The number of nitrogens with zero attached hydrogens (tertiary/aromatic N) is 1. The SMILES string of the molecule is O=C(O)N1C[C@@H](OCc2ccccc2)[C@H](C(F)F)C1. The Balaban J connectivity index is 1.95. The Kier molecular flexibility index (Phi) is 4.31. The van der Waals surface area contributed by atoms with E-state index in [1.807, 2.05) is 30.3 Å². The Bertz CT molecular complexity index is 427. The molecule has 2 atom stereocenters. The van der Waals surface area contributed by atoms with Gasteiger partial charge in [-0.25, -0.2) is 13.6 Å². The first-order chi connectivity index (χ1) is 9.08. The number of ether oxygens (including phenoxy) is 1. The highest BCUT2D eigenvalue weighted by molar-refractivity contribution is 5.65. The molecule has 2 rings (SSSR count). The molecule has 104 valence electrons. The molecule has 1 saturated heterocycles. The van der Waals surface area contributed by atoms with Crippen molar-refractivity contribution in [3.8, 4) is 0 Å². The zero-order valence-electron chi connectivity index (χ0n) is 10.2. The summed E-state index contributed by atoms with van der Waals surface area (Å²) in [5.74, 6) is -1.06. The van der Waals surface area contributed by atoms with Crippen LogP contribution >= 0.6 is 0 Å². The van der Waals surface area contributed by atoms with Crippen molar-refractivity contribution in [1.82, 2.24) is 4.90 Å². The normalized spacial score (nSPS) is 23.0. The van der Waals surface area contributed by atoms with Crippen LogP contribution in [0.4, 0.5) is 13.6 Å². The van der Waals surface area contributed by atoms with E-state index in [4.69, 9.17) is 9.84 Å². The summed E-state index contributed by atoms with van der Waals surface area (Å²) in [4.78, 5) is 11.8. The van der Waals surface area contributed by atoms with Crippen LogP contribution in [0.2, 0.25) is 0 Å². The van der Waals surface area contributed by atoms with Gasteiger partial charge in [0, 0.05) is 6.54 Å². The lowest BCUT2D eigenvalue weighted by atomic mass is 10.1. The Morgan fingerprint density at radius 2 is 2.05 bits per heavy atom. The number of halogens is 2. The summed E-state index contributed by atoms with van der Waals surface area (Å²) in [6, 6.07) is 9.19. The van der Waals surface area contributed by atoms with E-state index >= 15 is 0 Å². The molecular weight excluding hydrogens is 256 g/mol. The minimum Gasteiger partial charge on any atom is -0.465 e. The van der Waals surface area contributed by atoms with Gasteiger partial charge in [-0.05, 0) is 5.56 Å². The van der Waals surface area contributed by atoms with E-state index in [-0.39, 0.29) is 19.7 Å². The highest BCUT2D eigenvalue weighted by atomic mass is 19.3. The topological polar surface area (TPSA) is 49.8 Å². The summed E-state index contributed by atoms with van der Waals surface area (Å²) in [6.07, 6.45) is -4.52. The highest BCUT2D eigenvalue weighted by Crippen LogP contribution is 2.26. The molecule has 0 radical (unpaired) electrons. The fourth-order valence-electron chi connectivity index (χ4n) is 2.15. The number of carbonyl (C=O) groups is 1. The standard InChI is InChI=1S/C13H15F2NO3/c14-12(15)10-6-16(13(17)18)7-11(10)19-8-9-4-2-1-3-5-9/h1-5,10-12H,6-8H2,(H,17,18)/t10-,11-/m1/s1. The molecule has 0 spiro atoms. The Hall–Kier alpha value is -1.69. The molecule has 1 aliphatic rings. The molecule has 1 aromatic rings. The van der Waals surface area contributed by atoms with Crippen LogP contribution in [0.25, 0.3) is 0 Å². The number of amides is 1. The minimum atomic E-state index is -2.58. The van der Waals surface area contributed by atoms with E-state index in [0.29, 0.717) is 0 Å². The lowest BCUT2D eigenvalue weighted by molar-refractivity contribution is -0.0316. The molecule has 4 nitrogen and oxygen atoms in total. The van der Waals surface area contributed by atoms with Gasteiger partial charge in [0.2, 0.25) is 6.43 Å². The van der Waals surface area contributed by atoms with E-state index in [1.165, 1.54) is 0 Å². The second-order valence-electron chi connectivity index (χ2n) is 4.52. The van der Waals surface area contributed by atoms with Crippen LogP contribution in [0.5, 0.6) is 0 Å². The molecule has 0 aliphatic carbocycles. The summed E-state index contributed by atoms with van der Waals surface area (Å²) in [6.45, 7) is 0.0335. The third kappa shape index (κ3) is 3.41. The fraction of sp³-hybridized carbons (Fsp3) is 0.462. The number of likely N-dealkylation sites (tertiary alicyclic amines) is 1. The molecule has 1 fully saturated rings. The van der Waals surface area contributed by atoms with Gasteiger partial charge in [-0.15, -0.1) is 0 Å². The van der Waals surface area contributed by atoms with E-state index < -0.39 is 24.5 Å². The molecule has 1 heterocycles. The van der Waals surface area contributed by atoms with E-state index in [9.17, 15) is 13.6 Å². The third-order valence-corrected chi connectivity index (χ3v) is 3.21. The Morgan fingerprint density at radius 1 is 1.37 bits per heavy atom. The van der Waals surface area contributed by atoms with E-state index in [2.05, 4.69) is 0 Å². The maximum absolute atomic E-state index is 12.9. The van der Waals surface area contributed by atoms with Crippen molar-refractivity contribution in [2.45, 2.75) is 19.1 Å². The van der Waals surface area contributed by atoms with Crippen LogP contribution in [0.1, 0.15) is 5.56 Å². The maximum Gasteiger partial charge on any atom is 0.407 e. The summed E-state index contributed by atoms with van der Waals surface area (Å²) in [5.41, 5.74) is 0.879. The Morgan fingerprint density at radius 3 is 2.63 bits per heavy atom. The molecule has 1 aliphatic heterocycles. The molecule has 1 N–H and O–H groups in total. The Labute approximate surface area is 109 Å². The summed E-state index contributed by atoms with van der Waals surface area (Å²) in [5, 5.41) is 8.84. The van der Waals surface area contributed by atoms with Crippen LogP contribution in [-0.4, -0.2) is 41.7 Å². The van der Waals surface area contributed by atoms with Crippen LogP contribution in [0.3, 0.4) is 0 Å². The molecular formula is C13H15F2NO3. The van der Waals surface area contributed by atoms with Gasteiger partial charge >= 0.3 is 6.09 Å². The molecule has 0 saturated carbocycles. The lowest BCUT2D eigenvalue weighted by Gasteiger charge is -2.17. The van der Waals surface area contributed by atoms with E-state index in [1.54, 1.807) is 0 Å². The first-order valence-electron chi connectivity index (χ1n) is 5.99. The number of alkyl halides is 2. The van der Waals surface area contributed by atoms with Crippen molar-refractivity contribution in [2.24, 2.45) is 5.92 Å². The first kappa shape index (κ1) is 13.7. The van der Waals surface area contributed by atoms with Crippen molar-refractivity contribution in [3.63, 3.8) is 0 Å². The quantitative estimate of drug-likeness (QED) is 0.915. The van der Waals surface area contributed by atoms with E-state index in [0.717, 1.165) is 10.5 Å². The van der Waals surface area contributed by atoms with Gasteiger partial charge in [0.15, 0.2) is 0 Å². The predicted octanol–water partition coefficient (Wildman–Crippen LogP) is 2.45. The number of benzene rings is 1. The zero-order valence-corrected chi connectivity index (χ0v) is 10.2. The number of hydrogen-bond donors (Lipinski definition) is 1. The van der Waals surface area contributed by atoms with Crippen LogP contribution in [0, 0.1) is 5.92 Å². The zero-order chi connectivity index (χ0) is 13.8. The summed E-state index contributed by atoms with van der Waals surface area (Å²) < 4.78 is 31.2. The van der Waals surface area contributed by atoms with Crippen molar-refractivity contribution in [3.05, 3.63) is 35.9 Å². The van der Waals surface area contributed by atoms with Crippen molar-refractivity contribution < 1.29 is 23.4 Å². The third-order valence-electron chi connectivity index (χ3n) is 3.21.